The van der Waals surface area contributed by atoms with Gasteiger partial charge in [0.05, 0.1) is 7.11 Å². The van der Waals surface area contributed by atoms with E-state index in [1.807, 2.05) is 18.2 Å². The zero-order chi connectivity index (χ0) is 15.6. The molecule has 2 aromatic carbocycles. The number of nitrogens with zero attached hydrogens (tertiary/aromatic N) is 4. The van der Waals surface area contributed by atoms with Crippen molar-refractivity contribution in [3.63, 3.8) is 0 Å². The van der Waals surface area contributed by atoms with Crippen molar-refractivity contribution < 1.29 is 4.74 Å². The first kappa shape index (κ1) is 13.5. The van der Waals surface area contributed by atoms with Crippen molar-refractivity contribution in [2.75, 3.05) is 7.11 Å². The van der Waals surface area contributed by atoms with Crippen LogP contribution in [0.3, 0.4) is 0 Å². The van der Waals surface area contributed by atoms with Crippen LogP contribution >= 0.6 is 0 Å². The van der Waals surface area contributed by atoms with Crippen molar-refractivity contribution in [2.24, 2.45) is 0 Å². The van der Waals surface area contributed by atoms with Crippen LogP contribution in [-0.4, -0.2) is 32.3 Å². The number of tetrazole rings is 1. The number of aromatic amines is 1. The fraction of sp³-hybridized carbons (Fsp3) is 0.118. The lowest BCUT2D eigenvalue weighted by Gasteiger charge is -2.07. The van der Waals surface area contributed by atoms with E-state index in [9.17, 15) is 0 Å². The number of benzene rings is 2. The van der Waals surface area contributed by atoms with Crippen LogP contribution in [0, 0.1) is 0 Å². The van der Waals surface area contributed by atoms with Gasteiger partial charge in [-0.3, -0.25) is 0 Å². The quantitative estimate of drug-likeness (QED) is 0.629. The number of hydrogen-bond donors (Lipinski definition) is 1. The number of H-pyrrole nitrogens is 1. The van der Waals surface area contributed by atoms with Crippen LogP contribution < -0.4 is 4.74 Å². The number of hydrogen-bond acceptors (Lipinski definition) is 4. The van der Waals surface area contributed by atoms with Crippen LogP contribution in [0.25, 0.3) is 22.3 Å². The summed E-state index contributed by atoms with van der Waals surface area (Å²) in [6.45, 7) is 0.815. The summed E-state index contributed by atoms with van der Waals surface area (Å²) in [4.78, 5) is 0. The predicted octanol–water partition coefficient (Wildman–Crippen LogP) is 2.88. The second kappa shape index (κ2) is 5.57. The maximum Gasteiger partial charge on any atom is 0.204 e. The van der Waals surface area contributed by atoms with Gasteiger partial charge >= 0.3 is 0 Å². The maximum absolute atomic E-state index is 5.20. The van der Waals surface area contributed by atoms with Gasteiger partial charge in [0.1, 0.15) is 5.75 Å². The molecule has 0 saturated carbocycles. The van der Waals surface area contributed by atoms with Gasteiger partial charge < -0.3 is 9.30 Å². The molecule has 0 aliphatic heterocycles. The molecule has 0 aliphatic carbocycles. The lowest BCUT2D eigenvalue weighted by Crippen LogP contribution is -1.97. The molecule has 2 aromatic heterocycles. The van der Waals surface area contributed by atoms with Crippen LogP contribution in [0.5, 0.6) is 5.75 Å². The van der Waals surface area contributed by atoms with Crippen LogP contribution in [0.2, 0.25) is 0 Å². The normalized spacial score (nSPS) is 11.0. The first-order valence-electron chi connectivity index (χ1n) is 7.29. The molecule has 6 nitrogen and oxygen atoms in total. The van der Waals surface area contributed by atoms with Crippen LogP contribution in [0.15, 0.2) is 54.7 Å². The highest BCUT2D eigenvalue weighted by Crippen LogP contribution is 2.23. The van der Waals surface area contributed by atoms with E-state index in [-0.39, 0.29) is 0 Å². The van der Waals surface area contributed by atoms with E-state index in [2.05, 4.69) is 61.7 Å². The third-order valence-electron chi connectivity index (χ3n) is 3.89. The van der Waals surface area contributed by atoms with Crippen molar-refractivity contribution in [1.82, 2.24) is 25.2 Å². The summed E-state index contributed by atoms with van der Waals surface area (Å²) in [6.07, 6.45) is 2.09. The molecule has 1 N–H and O–H groups in total. The van der Waals surface area contributed by atoms with Crippen LogP contribution in [0.4, 0.5) is 0 Å². The van der Waals surface area contributed by atoms with Gasteiger partial charge in [-0.25, -0.2) is 0 Å². The highest BCUT2D eigenvalue weighted by Gasteiger charge is 2.07. The number of ether oxygens (including phenoxy) is 1. The van der Waals surface area contributed by atoms with Gasteiger partial charge in [-0.15, -0.1) is 10.2 Å². The van der Waals surface area contributed by atoms with E-state index >= 15 is 0 Å². The second-order valence-electron chi connectivity index (χ2n) is 5.30. The number of nitrogens with one attached hydrogen (secondary N) is 1. The van der Waals surface area contributed by atoms with Crippen molar-refractivity contribution in [1.29, 1.82) is 0 Å². The lowest BCUT2D eigenvalue weighted by atomic mass is 10.1. The van der Waals surface area contributed by atoms with Gasteiger partial charge in [-0.2, -0.15) is 5.21 Å². The number of rotatable bonds is 4. The van der Waals surface area contributed by atoms with Gasteiger partial charge in [0.2, 0.25) is 5.82 Å². The molecule has 0 unspecified atom stereocenters. The van der Waals surface area contributed by atoms with E-state index < -0.39 is 0 Å². The predicted molar refractivity (Wildman–Crippen MR) is 87.2 cm³/mol. The van der Waals surface area contributed by atoms with E-state index in [0.29, 0.717) is 5.82 Å². The van der Waals surface area contributed by atoms with Gasteiger partial charge in [0.15, 0.2) is 0 Å². The molecule has 0 amide bonds. The molecule has 2 heterocycles. The molecule has 0 fully saturated rings. The van der Waals surface area contributed by atoms with E-state index in [0.717, 1.165) is 23.2 Å². The molecule has 0 bridgehead atoms. The number of aromatic nitrogens is 5. The Balaban J connectivity index is 1.65. The molecule has 4 aromatic rings. The molecule has 0 radical (unpaired) electrons. The van der Waals surface area contributed by atoms with E-state index in [4.69, 9.17) is 4.74 Å². The molecular weight excluding hydrogens is 290 g/mol. The van der Waals surface area contributed by atoms with Gasteiger partial charge in [-0.1, -0.05) is 12.1 Å². The summed E-state index contributed by atoms with van der Waals surface area (Å²) in [6, 6.07) is 16.4. The molecule has 6 heteroatoms. The summed E-state index contributed by atoms with van der Waals surface area (Å²) < 4.78 is 7.42. The van der Waals surface area contributed by atoms with Crippen molar-refractivity contribution in [3.8, 4) is 17.1 Å². The zero-order valence-corrected chi connectivity index (χ0v) is 12.6. The molecule has 23 heavy (non-hydrogen) atoms. The number of methoxy groups -OCH3 is 1. The van der Waals surface area contributed by atoms with E-state index in [1.165, 1.54) is 11.1 Å². The van der Waals surface area contributed by atoms with Crippen molar-refractivity contribution >= 4 is 10.9 Å². The fourth-order valence-electron chi connectivity index (χ4n) is 2.69. The maximum atomic E-state index is 5.20. The summed E-state index contributed by atoms with van der Waals surface area (Å²) in [5.74, 6) is 1.48. The van der Waals surface area contributed by atoms with Crippen LogP contribution in [0.1, 0.15) is 5.56 Å². The summed E-state index contributed by atoms with van der Waals surface area (Å²) in [7, 11) is 1.68. The molecule has 0 atom stereocenters. The molecule has 0 aliphatic rings. The average molecular weight is 305 g/mol. The molecule has 0 saturated heterocycles. The minimum atomic E-state index is 0.606. The second-order valence-corrected chi connectivity index (χ2v) is 5.30. The van der Waals surface area contributed by atoms with Gasteiger partial charge in [0, 0.05) is 29.2 Å². The molecular formula is C17H15N5O. The van der Waals surface area contributed by atoms with Crippen molar-refractivity contribution in [3.05, 3.63) is 60.3 Å². The minimum absolute atomic E-state index is 0.606. The Morgan fingerprint density at radius 1 is 1.09 bits per heavy atom. The monoisotopic (exact) mass is 305 g/mol. The summed E-state index contributed by atoms with van der Waals surface area (Å²) in [5, 5.41) is 15.3. The Morgan fingerprint density at radius 2 is 1.96 bits per heavy atom. The standard InChI is InChI=1S/C17H15N5O/c1-23-15-5-2-12(3-6-15)11-22-9-8-13-10-14(4-7-16(13)22)17-18-20-21-19-17/h2-10H,11H2,1H3,(H,18,19,20,21). The minimum Gasteiger partial charge on any atom is -0.497 e. The zero-order valence-electron chi connectivity index (χ0n) is 12.6. The SMILES string of the molecule is COc1ccc(Cn2ccc3cc(-c4nn[nH]n4)ccc32)cc1. The Morgan fingerprint density at radius 3 is 2.70 bits per heavy atom. The highest BCUT2D eigenvalue weighted by molar-refractivity contribution is 5.84. The first-order chi connectivity index (χ1) is 11.3. The van der Waals surface area contributed by atoms with Gasteiger partial charge in [0.25, 0.3) is 0 Å². The molecule has 0 spiro atoms. The fourth-order valence-corrected chi connectivity index (χ4v) is 2.69. The molecule has 114 valence electrons. The summed E-state index contributed by atoms with van der Waals surface area (Å²) in [5.41, 5.74) is 3.35. The third kappa shape index (κ3) is 2.55. The largest absolute Gasteiger partial charge is 0.497 e. The Hall–Kier alpha value is -3.15. The number of fused-ring (bicyclic) bond motifs is 1. The van der Waals surface area contributed by atoms with Crippen molar-refractivity contribution in [2.45, 2.75) is 6.54 Å². The average Bonchev–Trinajstić information content (AvgIpc) is 3.25. The van der Waals surface area contributed by atoms with Gasteiger partial charge in [-0.05, 0) is 47.2 Å². The summed E-state index contributed by atoms with van der Waals surface area (Å²) >= 11 is 0. The Bertz CT molecular complexity index is 925. The topological polar surface area (TPSA) is 68.6 Å². The highest BCUT2D eigenvalue weighted by atomic mass is 16.5. The van der Waals surface area contributed by atoms with Crippen LogP contribution in [-0.2, 0) is 6.54 Å². The Labute approximate surface area is 132 Å². The lowest BCUT2D eigenvalue weighted by molar-refractivity contribution is 0.414. The molecule has 4 rings (SSSR count). The smallest absolute Gasteiger partial charge is 0.204 e. The Kier molecular flexibility index (Phi) is 3.27. The first-order valence-corrected chi connectivity index (χ1v) is 7.29. The third-order valence-corrected chi connectivity index (χ3v) is 3.89. The van der Waals surface area contributed by atoms with E-state index in [1.54, 1.807) is 7.11 Å².